The van der Waals surface area contributed by atoms with Gasteiger partial charge in [0.05, 0.1) is 5.69 Å². The third-order valence-corrected chi connectivity index (χ3v) is 3.93. The van der Waals surface area contributed by atoms with E-state index in [4.69, 9.17) is 9.47 Å². The van der Waals surface area contributed by atoms with Gasteiger partial charge in [0.2, 0.25) is 5.79 Å². The number of ether oxygens (including phenoxy) is 2. The molecule has 0 unspecified atom stereocenters. The van der Waals surface area contributed by atoms with Crippen LogP contribution in [0, 0.1) is 0 Å². The molecule has 1 aliphatic heterocycles. The number of hydrogen-bond donors (Lipinski definition) is 0. The predicted molar refractivity (Wildman–Crippen MR) is 96.5 cm³/mol. The van der Waals surface area contributed by atoms with E-state index in [0.29, 0.717) is 0 Å². The minimum atomic E-state index is -0.620. The third kappa shape index (κ3) is 2.69. The van der Waals surface area contributed by atoms with Crippen LogP contribution in [0.3, 0.4) is 0 Å². The van der Waals surface area contributed by atoms with Gasteiger partial charge in [0, 0.05) is 31.3 Å². The zero-order valence-corrected chi connectivity index (χ0v) is 13.8. The van der Waals surface area contributed by atoms with Crippen molar-refractivity contribution >= 4 is 17.1 Å². The van der Waals surface area contributed by atoms with Crippen LogP contribution >= 0.6 is 0 Å². The Morgan fingerprint density at radius 3 is 1.75 bits per heavy atom. The second-order valence-corrected chi connectivity index (χ2v) is 6.24. The molecule has 0 saturated carbocycles. The van der Waals surface area contributed by atoms with E-state index < -0.39 is 5.79 Å². The first-order valence-corrected chi connectivity index (χ1v) is 8.05. The zero-order chi connectivity index (χ0) is 16.6. The molecule has 0 radical (unpaired) electrons. The predicted octanol–water partition coefficient (Wildman–Crippen LogP) is 5.66. The van der Waals surface area contributed by atoms with Crippen molar-refractivity contribution in [3.63, 3.8) is 0 Å². The van der Waals surface area contributed by atoms with Crippen LogP contribution in [0.2, 0.25) is 0 Å². The highest BCUT2D eigenvalue weighted by molar-refractivity contribution is 5.77. The Morgan fingerprint density at radius 2 is 1.17 bits per heavy atom. The van der Waals surface area contributed by atoms with Crippen molar-refractivity contribution in [3.05, 3.63) is 78.9 Å². The summed E-state index contributed by atoms with van der Waals surface area (Å²) in [4.78, 5) is 2.20. The van der Waals surface area contributed by atoms with Crippen LogP contribution in [-0.4, -0.2) is 5.79 Å². The smallest absolute Gasteiger partial charge is 0.246 e. The van der Waals surface area contributed by atoms with Gasteiger partial charge in [-0.15, -0.1) is 0 Å². The lowest BCUT2D eigenvalue weighted by Crippen LogP contribution is -2.29. The molecular formula is C21H19NO2. The Hall–Kier alpha value is -2.94. The second-order valence-electron chi connectivity index (χ2n) is 6.24. The Morgan fingerprint density at radius 1 is 0.625 bits per heavy atom. The molecule has 0 aromatic heterocycles. The number of anilines is 3. The average Bonchev–Trinajstić information content (AvgIpc) is 2.90. The molecular weight excluding hydrogens is 298 g/mol. The fourth-order valence-corrected chi connectivity index (χ4v) is 2.95. The van der Waals surface area contributed by atoms with Gasteiger partial charge in [0.25, 0.3) is 0 Å². The van der Waals surface area contributed by atoms with Crippen LogP contribution < -0.4 is 14.4 Å². The van der Waals surface area contributed by atoms with Crippen LogP contribution in [0.15, 0.2) is 78.9 Å². The molecule has 1 aliphatic rings. The van der Waals surface area contributed by atoms with Gasteiger partial charge in [-0.25, -0.2) is 0 Å². The lowest BCUT2D eigenvalue weighted by molar-refractivity contribution is -0.0431. The number of benzene rings is 3. The number of hydrogen-bond acceptors (Lipinski definition) is 3. The van der Waals surface area contributed by atoms with E-state index in [9.17, 15) is 0 Å². The minimum absolute atomic E-state index is 0.620. The first kappa shape index (κ1) is 14.6. The molecule has 3 aromatic carbocycles. The highest BCUT2D eigenvalue weighted by atomic mass is 16.7. The summed E-state index contributed by atoms with van der Waals surface area (Å²) in [7, 11) is 0. The minimum Gasteiger partial charge on any atom is -0.449 e. The van der Waals surface area contributed by atoms with Crippen molar-refractivity contribution in [1.29, 1.82) is 0 Å². The Bertz CT molecular complexity index is 805. The molecule has 120 valence electrons. The zero-order valence-electron chi connectivity index (χ0n) is 13.8. The van der Waals surface area contributed by atoms with Crippen molar-refractivity contribution < 1.29 is 9.47 Å². The standard InChI is InChI=1S/C21H19NO2/c1-21(2)23-19-14-13-18(15-20(19)24-21)22(16-9-5-3-6-10-16)17-11-7-4-8-12-17/h3-15H,1-2H3. The largest absolute Gasteiger partial charge is 0.449 e. The SMILES string of the molecule is CC1(C)Oc2ccc(N(c3ccccc3)c3ccccc3)cc2O1. The topological polar surface area (TPSA) is 21.7 Å². The number of para-hydroxylation sites is 2. The van der Waals surface area contributed by atoms with Crippen molar-refractivity contribution in [3.8, 4) is 11.5 Å². The van der Waals surface area contributed by atoms with Gasteiger partial charge >= 0.3 is 0 Å². The van der Waals surface area contributed by atoms with E-state index in [2.05, 4.69) is 35.2 Å². The highest BCUT2D eigenvalue weighted by Crippen LogP contribution is 2.44. The van der Waals surface area contributed by atoms with Crippen LogP contribution in [0.1, 0.15) is 13.8 Å². The molecule has 0 fully saturated rings. The summed E-state index contributed by atoms with van der Waals surface area (Å²) >= 11 is 0. The number of fused-ring (bicyclic) bond motifs is 1. The summed E-state index contributed by atoms with van der Waals surface area (Å²) in [5.74, 6) is 0.935. The van der Waals surface area contributed by atoms with Crippen LogP contribution in [-0.2, 0) is 0 Å². The molecule has 3 heteroatoms. The maximum Gasteiger partial charge on any atom is 0.246 e. The fourth-order valence-electron chi connectivity index (χ4n) is 2.95. The van der Waals surface area contributed by atoms with E-state index in [1.165, 1.54) is 0 Å². The van der Waals surface area contributed by atoms with E-state index in [-0.39, 0.29) is 0 Å². The van der Waals surface area contributed by atoms with Gasteiger partial charge in [-0.2, -0.15) is 0 Å². The van der Waals surface area contributed by atoms with Gasteiger partial charge in [0.1, 0.15) is 0 Å². The summed E-state index contributed by atoms with van der Waals surface area (Å²) in [6.45, 7) is 3.83. The molecule has 0 saturated heterocycles. The number of rotatable bonds is 3. The van der Waals surface area contributed by atoms with Crippen molar-refractivity contribution in [2.45, 2.75) is 19.6 Å². The summed E-state index contributed by atoms with van der Waals surface area (Å²) in [6, 6.07) is 26.7. The maximum absolute atomic E-state index is 5.91. The van der Waals surface area contributed by atoms with Gasteiger partial charge in [-0.1, -0.05) is 36.4 Å². The Balaban J connectivity index is 1.81. The number of nitrogens with zero attached hydrogens (tertiary/aromatic N) is 1. The van der Waals surface area contributed by atoms with Crippen LogP contribution in [0.25, 0.3) is 0 Å². The molecule has 0 atom stereocenters. The Kier molecular flexibility index (Phi) is 3.42. The first-order chi connectivity index (χ1) is 11.6. The van der Waals surface area contributed by atoms with Crippen molar-refractivity contribution in [2.75, 3.05) is 4.90 Å². The third-order valence-electron chi connectivity index (χ3n) is 3.93. The summed E-state index contributed by atoms with van der Waals surface area (Å²) in [5, 5.41) is 0. The fraction of sp³-hybridized carbons (Fsp3) is 0.143. The normalized spacial score (nSPS) is 14.4. The monoisotopic (exact) mass is 317 g/mol. The van der Waals surface area contributed by atoms with Crippen LogP contribution in [0.5, 0.6) is 11.5 Å². The molecule has 1 heterocycles. The molecule has 0 N–H and O–H groups in total. The quantitative estimate of drug-likeness (QED) is 0.622. The average molecular weight is 317 g/mol. The maximum atomic E-state index is 5.91. The molecule has 24 heavy (non-hydrogen) atoms. The lowest BCUT2D eigenvalue weighted by atomic mass is 10.2. The molecule has 4 rings (SSSR count). The van der Waals surface area contributed by atoms with E-state index in [0.717, 1.165) is 28.6 Å². The molecule has 0 bridgehead atoms. The molecule has 0 amide bonds. The molecule has 0 spiro atoms. The van der Waals surface area contributed by atoms with E-state index >= 15 is 0 Å². The molecule has 0 aliphatic carbocycles. The first-order valence-electron chi connectivity index (χ1n) is 8.05. The van der Waals surface area contributed by atoms with Gasteiger partial charge < -0.3 is 14.4 Å². The summed E-state index contributed by atoms with van der Waals surface area (Å²) < 4.78 is 11.7. The lowest BCUT2D eigenvalue weighted by Gasteiger charge is -2.25. The van der Waals surface area contributed by atoms with Crippen molar-refractivity contribution in [2.24, 2.45) is 0 Å². The van der Waals surface area contributed by atoms with Crippen molar-refractivity contribution in [1.82, 2.24) is 0 Å². The second kappa shape index (κ2) is 5.60. The van der Waals surface area contributed by atoms with Gasteiger partial charge in [-0.3, -0.25) is 0 Å². The van der Waals surface area contributed by atoms with Gasteiger partial charge in [0.15, 0.2) is 11.5 Å². The molecule has 3 aromatic rings. The summed E-state index contributed by atoms with van der Waals surface area (Å²) in [6.07, 6.45) is 0. The summed E-state index contributed by atoms with van der Waals surface area (Å²) in [5.41, 5.74) is 3.23. The van der Waals surface area contributed by atoms with E-state index in [1.54, 1.807) is 0 Å². The van der Waals surface area contributed by atoms with Gasteiger partial charge in [-0.05, 0) is 36.4 Å². The highest BCUT2D eigenvalue weighted by Gasteiger charge is 2.32. The van der Waals surface area contributed by atoms with Crippen LogP contribution in [0.4, 0.5) is 17.1 Å². The molecule has 3 nitrogen and oxygen atoms in total. The van der Waals surface area contributed by atoms with E-state index in [1.807, 2.05) is 62.4 Å². The Labute approximate surface area is 142 Å².